The minimum absolute atomic E-state index is 0.0874. The minimum Gasteiger partial charge on any atom is -0.268 e. The number of aromatic nitrogens is 1. The summed E-state index contributed by atoms with van der Waals surface area (Å²) < 4.78 is 0. The van der Waals surface area contributed by atoms with Crippen molar-refractivity contribution in [2.24, 2.45) is 0 Å². The molecule has 0 N–H and O–H groups in total. The van der Waals surface area contributed by atoms with E-state index in [1.165, 1.54) is 63.0 Å². The summed E-state index contributed by atoms with van der Waals surface area (Å²) in [4.78, 5) is 84.7. The van der Waals surface area contributed by atoms with Crippen LogP contribution in [0.25, 0.3) is 32.5 Å². The maximum Gasteiger partial charge on any atom is 0.333 e. The molecule has 2 aliphatic heterocycles. The lowest BCUT2D eigenvalue weighted by Gasteiger charge is -2.28. The zero-order valence-electron chi connectivity index (χ0n) is 22.6. The number of urea groups is 2. The molecule has 0 saturated carbocycles. The number of thiophene rings is 1. The maximum atomic E-state index is 12.5. The van der Waals surface area contributed by atoms with E-state index in [2.05, 4.69) is 0 Å². The number of carbonyl (C=O) groups excluding carboxylic acids is 6. The zero-order valence-corrected chi connectivity index (χ0v) is 24.3. The normalized spacial score (nSPS) is 16.4. The number of nitrogens with zero attached hydrogens (tertiary/aromatic N) is 5. The van der Waals surface area contributed by atoms with E-state index >= 15 is 0 Å². The van der Waals surface area contributed by atoms with Crippen LogP contribution in [0.15, 0.2) is 47.5 Å². The first-order chi connectivity index (χ1) is 19.4. The van der Waals surface area contributed by atoms with Crippen LogP contribution >= 0.6 is 22.7 Å². The summed E-state index contributed by atoms with van der Waals surface area (Å²) >= 11 is 2.85. The Morgan fingerprint density at radius 3 is 1.63 bits per heavy atom. The topological polar surface area (TPSA) is 128 Å². The number of imide groups is 4. The van der Waals surface area contributed by atoms with Gasteiger partial charge in [-0.3, -0.25) is 38.8 Å². The molecule has 41 heavy (non-hydrogen) atoms. The molecular weight excluding hydrogens is 566 g/mol. The average Bonchev–Trinajstić information content (AvgIpc) is 3.60. The van der Waals surface area contributed by atoms with Crippen LogP contribution in [0.1, 0.15) is 16.1 Å². The smallest absolute Gasteiger partial charge is 0.268 e. The SMILES string of the molecule is Cc1nc(-c2ccc(C=C3C(=O)N(C)C(=O)N(C)C3=O)s2)sc1-c1ccc(C=C2C(=O)N(C)C(=O)N(C)C2=O)cc1. The van der Waals surface area contributed by atoms with E-state index in [0.717, 1.165) is 45.6 Å². The van der Waals surface area contributed by atoms with Crippen molar-refractivity contribution in [2.75, 3.05) is 28.2 Å². The highest BCUT2D eigenvalue weighted by Gasteiger charge is 2.38. The van der Waals surface area contributed by atoms with Crippen molar-refractivity contribution < 1.29 is 28.8 Å². The van der Waals surface area contributed by atoms with Crippen molar-refractivity contribution in [1.82, 2.24) is 24.6 Å². The largest absolute Gasteiger partial charge is 0.333 e. The van der Waals surface area contributed by atoms with Gasteiger partial charge in [-0.15, -0.1) is 22.7 Å². The van der Waals surface area contributed by atoms with E-state index in [9.17, 15) is 28.8 Å². The van der Waals surface area contributed by atoms with Crippen molar-refractivity contribution in [3.05, 3.63) is 63.7 Å². The molecule has 2 fully saturated rings. The zero-order chi connectivity index (χ0) is 29.7. The predicted octanol–water partition coefficient (Wildman–Crippen LogP) is 3.71. The van der Waals surface area contributed by atoms with Crippen LogP contribution in [0.2, 0.25) is 0 Å². The molecule has 0 bridgehead atoms. The summed E-state index contributed by atoms with van der Waals surface area (Å²) in [5.74, 6) is -2.60. The van der Waals surface area contributed by atoms with Gasteiger partial charge in [0.2, 0.25) is 0 Å². The molecule has 0 atom stereocenters. The van der Waals surface area contributed by atoms with E-state index in [4.69, 9.17) is 4.98 Å². The van der Waals surface area contributed by atoms with Crippen LogP contribution in [-0.4, -0.2) is 88.5 Å². The highest BCUT2D eigenvalue weighted by atomic mass is 32.1. The van der Waals surface area contributed by atoms with Crippen LogP contribution in [0, 0.1) is 6.92 Å². The monoisotopic (exact) mass is 589 g/mol. The summed E-state index contributed by atoms with van der Waals surface area (Å²) in [6.45, 7) is 1.89. The first-order valence-corrected chi connectivity index (χ1v) is 13.8. The summed E-state index contributed by atoms with van der Waals surface area (Å²) in [5, 5.41) is 0.762. The highest BCUT2D eigenvalue weighted by molar-refractivity contribution is 7.24. The third-order valence-electron chi connectivity index (χ3n) is 6.69. The molecule has 0 radical (unpaired) electrons. The fraction of sp³-hybridized carbons (Fsp3) is 0.179. The fourth-order valence-corrected chi connectivity index (χ4v) is 6.38. The van der Waals surface area contributed by atoms with Crippen molar-refractivity contribution in [3.63, 3.8) is 0 Å². The van der Waals surface area contributed by atoms with Crippen molar-refractivity contribution >= 4 is 70.5 Å². The Balaban J connectivity index is 1.38. The third-order valence-corrected chi connectivity index (χ3v) is 9.10. The molecule has 1 aromatic carbocycles. The number of amides is 8. The van der Waals surface area contributed by atoms with Gasteiger partial charge in [0, 0.05) is 33.1 Å². The van der Waals surface area contributed by atoms with Gasteiger partial charge in [0.25, 0.3) is 23.6 Å². The third kappa shape index (κ3) is 4.78. The Labute approximate surface area is 242 Å². The Bertz CT molecular complexity index is 1680. The number of thiazole rings is 1. The van der Waals surface area contributed by atoms with Gasteiger partial charge in [-0.2, -0.15) is 0 Å². The quantitative estimate of drug-likeness (QED) is 0.335. The summed E-state index contributed by atoms with van der Waals surface area (Å²) in [6.07, 6.45) is 2.95. The van der Waals surface area contributed by atoms with E-state index < -0.39 is 35.7 Å². The molecule has 13 heteroatoms. The predicted molar refractivity (Wildman–Crippen MR) is 153 cm³/mol. The lowest BCUT2D eigenvalue weighted by atomic mass is 10.0. The van der Waals surface area contributed by atoms with Crippen LogP contribution in [-0.2, 0) is 19.2 Å². The molecular formula is C28H23N5O6S2. The van der Waals surface area contributed by atoms with Gasteiger partial charge in [0.1, 0.15) is 16.2 Å². The summed E-state index contributed by atoms with van der Waals surface area (Å²) in [7, 11) is 5.32. The number of likely N-dealkylation sites (N-methyl/N-ethyl adjacent to an activating group) is 4. The van der Waals surface area contributed by atoms with E-state index in [1.807, 2.05) is 25.1 Å². The van der Waals surface area contributed by atoms with Gasteiger partial charge in [-0.25, -0.2) is 14.6 Å². The van der Waals surface area contributed by atoms with Gasteiger partial charge < -0.3 is 0 Å². The number of barbiturate groups is 2. The molecule has 3 aromatic rings. The summed E-state index contributed by atoms with van der Waals surface area (Å²) in [6, 6.07) is 9.60. The second-order valence-corrected chi connectivity index (χ2v) is 11.5. The Morgan fingerprint density at radius 2 is 1.12 bits per heavy atom. The van der Waals surface area contributed by atoms with Crippen LogP contribution in [0.4, 0.5) is 9.59 Å². The lowest BCUT2D eigenvalue weighted by molar-refractivity contribution is -0.135. The van der Waals surface area contributed by atoms with Crippen LogP contribution in [0.5, 0.6) is 0 Å². The van der Waals surface area contributed by atoms with Crippen molar-refractivity contribution in [1.29, 1.82) is 0 Å². The molecule has 208 valence electrons. The molecule has 8 amide bonds. The van der Waals surface area contributed by atoms with Gasteiger partial charge in [0.05, 0.1) is 15.4 Å². The number of benzene rings is 1. The fourth-order valence-electron chi connectivity index (χ4n) is 4.30. The summed E-state index contributed by atoms with van der Waals surface area (Å²) in [5.41, 5.74) is 2.15. The molecule has 0 unspecified atom stereocenters. The van der Waals surface area contributed by atoms with Crippen LogP contribution < -0.4 is 0 Å². The second-order valence-electron chi connectivity index (χ2n) is 9.40. The number of hydrogen-bond donors (Lipinski definition) is 0. The Kier molecular flexibility index (Phi) is 7.01. The van der Waals surface area contributed by atoms with Gasteiger partial charge in [0.15, 0.2) is 0 Å². The second kappa shape index (κ2) is 10.3. The number of rotatable bonds is 4. The molecule has 2 aromatic heterocycles. The van der Waals surface area contributed by atoms with Gasteiger partial charge in [-0.05, 0) is 42.3 Å². The minimum atomic E-state index is -0.675. The van der Waals surface area contributed by atoms with E-state index in [-0.39, 0.29) is 11.1 Å². The standard InChI is InChI=1S/C28H23N5O6S2/c1-14-21(16-8-6-15(7-9-16)12-18-23(34)30(2)27(38)31(3)24(18)35)41-22(29-14)20-11-10-17(40-20)13-19-25(36)32(4)28(39)33(5)26(19)37/h6-13H,1-5H3. The molecule has 5 rings (SSSR count). The van der Waals surface area contributed by atoms with Crippen molar-refractivity contribution in [3.8, 4) is 20.3 Å². The van der Waals surface area contributed by atoms with Gasteiger partial charge in [-0.1, -0.05) is 24.3 Å². The van der Waals surface area contributed by atoms with Gasteiger partial charge >= 0.3 is 12.1 Å². The van der Waals surface area contributed by atoms with E-state index in [1.54, 1.807) is 18.2 Å². The molecule has 0 aliphatic carbocycles. The first-order valence-electron chi connectivity index (χ1n) is 12.2. The molecule has 4 heterocycles. The number of aryl methyl sites for hydroxylation is 1. The average molecular weight is 590 g/mol. The molecule has 0 spiro atoms. The van der Waals surface area contributed by atoms with Crippen LogP contribution in [0.3, 0.4) is 0 Å². The number of carbonyl (C=O) groups is 6. The van der Waals surface area contributed by atoms with E-state index in [0.29, 0.717) is 10.4 Å². The Hall–Kier alpha value is -4.75. The molecule has 11 nitrogen and oxygen atoms in total. The highest BCUT2D eigenvalue weighted by Crippen LogP contribution is 2.38. The number of hydrogen-bond acceptors (Lipinski definition) is 9. The molecule has 2 aliphatic rings. The maximum absolute atomic E-state index is 12.5. The molecule has 2 saturated heterocycles. The van der Waals surface area contributed by atoms with Crippen molar-refractivity contribution in [2.45, 2.75) is 6.92 Å². The lowest BCUT2D eigenvalue weighted by Crippen LogP contribution is -2.52. The Morgan fingerprint density at radius 1 is 0.634 bits per heavy atom. The first kappa shape index (κ1) is 27.8.